The van der Waals surface area contributed by atoms with E-state index in [4.69, 9.17) is 15.2 Å². The standard InChI is InChI=1S/C30H31N5O2/c1-3-14-37-26-11-10-22(15-27(26)36-4-2)28-25-18-35(17-21-8-6-5-7-9-21)13-12-23(25)24(16-31)29(34)30(28,19-32)20-33/h5-12,15,25,28H,3-4,13-14,17-18,34H2,1-2H3. The molecule has 0 amide bonds. The van der Waals surface area contributed by atoms with Gasteiger partial charge in [0.15, 0.2) is 16.9 Å². The number of allylic oxidation sites excluding steroid dienone is 2. The van der Waals surface area contributed by atoms with Crippen LogP contribution in [0.5, 0.6) is 11.5 Å². The third kappa shape index (κ3) is 4.77. The summed E-state index contributed by atoms with van der Waals surface area (Å²) in [5.41, 5.74) is 7.78. The van der Waals surface area contributed by atoms with Gasteiger partial charge in [0.2, 0.25) is 0 Å². The number of nitrogens with zero attached hydrogens (tertiary/aromatic N) is 4. The van der Waals surface area contributed by atoms with E-state index in [0.717, 1.165) is 24.1 Å². The molecule has 1 heterocycles. The SMILES string of the molecule is CCCOc1ccc(C2C3CN(Cc4ccccc4)CC=C3C(C#N)=C(N)C2(C#N)C#N)cc1OCC. The lowest BCUT2D eigenvalue weighted by molar-refractivity contribution is 0.200. The zero-order chi connectivity index (χ0) is 26.4. The minimum absolute atomic E-state index is 0.0216. The van der Waals surface area contributed by atoms with Gasteiger partial charge in [0, 0.05) is 31.5 Å². The molecule has 188 valence electrons. The van der Waals surface area contributed by atoms with Gasteiger partial charge < -0.3 is 15.2 Å². The van der Waals surface area contributed by atoms with Crippen LogP contribution in [0.4, 0.5) is 0 Å². The quantitative estimate of drug-likeness (QED) is 0.561. The largest absolute Gasteiger partial charge is 0.490 e. The first kappa shape index (κ1) is 25.8. The number of fused-ring (bicyclic) bond motifs is 1. The Morgan fingerprint density at radius 3 is 2.43 bits per heavy atom. The van der Waals surface area contributed by atoms with Crippen molar-refractivity contribution in [3.8, 4) is 29.7 Å². The highest BCUT2D eigenvalue weighted by Gasteiger charge is 2.54. The lowest BCUT2D eigenvalue weighted by Gasteiger charge is -2.45. The number of rotatable bonds is 8. The van der Waals surface area contributed by atoms with Crippen molar-refractivity contribution in [3.63, 3.8) is 0 Å². The van der Waals surface area contributed by atoms with Gasteiger partial charge in [-0.15, -0.1) is 0 Å². The Hall–Kier alpha value is -4.25. The fourth-order valence-corrected chi connectivity index (χ4v) is 5.40. The Labute approximate surface area is 218 Å². The van der Waals surface area contributed by atoms with Crippen molar-refractivity contribution in [2.45, 2.75) is 32.7 Å². The minimum atomic E-state index is -1.70. The Balaban J connectivity index is 1.84. The van der Waals surface area contributed by atoms with Crippen LogP contribution in [0.3, 0.4) is 0 Å². The molecule has 2 aromatic rings. The van der Waals surface area contributed by atoms with Gasteiger partial charge in [-0.2, -0.15) is 15.8 Å². The number of hydrogen-bond acceptors (Lipinski definition) is 7. The van der Waals surface area contributed by atoms with Gasteiger partial charge in [0.1, 0.15) is 6.07 Å². The highest BCUT2D eigenvalue weighted by Crippen LogP contribution is 2.55. The van der Waals surface area contributed by atoms with Gasteiger partial charge in [-0.05, 0) is 42.2 Å². The van der Waals surface area contributed by atoms with Crippen LogP contribution in [-0.4, -0.2) is 31.2 Å². The number of hydrogen-bond donors (Lipinski definition) is 1. The molecular formula is C30H31N5O2. The molecule has 0 saturated heterocycles. The summed E-state index contributed by atoms with van der Waals surface area (Å²) >= 11 is 0. The van der Waals surface area contributed by atoms with Crippen LogP contribution in [0.25, 0.3) is 0 Å². The summed E-state index contributed by atoms with van der Waals surface area (Å²) < 4.78 is 11.8. The number of nitriles is 3. The predicted octanol–water partition coefficient (Wildman–Crippen LogP) is 4.80. The summed E-state index contributed by atoms with van der Waals surface area (Å²) in [5, 5.41) is 30.8. The second-order valence-electron chi connectivity index (χ2n) is 9.34. The lowest BCUT2D eigenvalue weighted by atomic mass is 9.58. The first-order valence-electron chi connectivity index (χ1n) is 12.6. The van der Waals surface area contributed by atoms with E-state index in [0.29, 0.717) is 37.8 Å². The smallest absolute Gasteiger partial charge is 0.191 e. The fourth-order valence-electron chi connectivity index (χ4n) is 5.40. The Morgan fingerprint density at radius 2 is 1.78 bits per heavy atom. The van der Waals surface area contributed by atoms with Gasteiger partial charge in [0.05, 0.1) is 36.6 Å². The zero-order valence-corrected chi connectivity index (χ0v) is 21.3. The normalized spacial score (nSPS) is 20.6. The van der Waals surface area contributed by atoms with Crippen molar-refractivity contribution in [2.75, 3.05) is 26.3 Å². The van der Waals surface area contributed by atoms with E-state index in [1.807, 2.05) is 56.3 Å². The monoisotopic (exact) mass is 493 g/mol. The molecule has 4 rings (SSSR count). The second kappa shape index (κ2) is 11.2. The van der Waals surface area contributed by atoms with Crippen LogP contribution in [0.2, 0.25) is 0 Å². The van der Waals surface area contributed by atoms with Gasteiger partial charge in [0.25, 0.3) is 0 Å². The maximum atomic E-state index is 10.4. The molecule has 0 fully saturated rings. The molecule has 37 heavy (non-hydrogen) atoms. The Kier molecular flexibility index (Phi) is 7.83. The van der Waals surface area contributed by atoms with E-state index in [-0.39, 0.29) is 17.2 Å². The molecule has 7 heteroatoms. The molecule has 0 bridgehead atoms. The molecule has 2 aromatic carbocycles. The van der Waals surface area contributed by atoms with Gasteiger partial charge in [-0.25, -0.2) is 0 Å². The molecule has 0 saturated carbocycles. The number of nitrogens with two attached hydrogens (primary N) is 1. The summed E-state index contributed by atoms with van der Waals surface area (Å²) in [7, 11) is 0. The molecular weight excluding hydrogens is 462 g/mol. The molecule has 0 aromatic heterocycles. The number of benzene rings is 2. The summed E-state index contributed by atoms with van der Waals surface area (Å²) in [6.07, 6.45) is 2.88. The second-order valence-corrected chi connectivity index (χ2v) is 9.34. The first-order chi connectivity index (χ1) is 18.0. The van der Waals surface area contributed by atoms with Crippen LogP contribution in [-0.2, 0) is 6.54 Å². The average molecular weight is 494 g/mol. The van der Waals surface area contributed by atoms with Crippen molar-refractivity contribution < 1.29 is 9.47 Å². The lowest BCUT2D eigenvalue weighted by Crippen LogP contribution is -2.47. The van der Waals surface area contributed by atoms with Crippen molar-refractivity contribution in [3.05, 3.63) is 82.6 Å². The third-order valence-electron chi connectivity index (χ3n) is 7.08. The highest BCUT2D eigenvalue weighted by molar-refractivity contribution is 5.60. The minimum Gasteiger partial charge on any atom is -0.490 e. The van der Waals surface area contributed by atoms with Crippen molar-refractivity contribution in [1.82, 2.24) is 4.90 Å². The van der Waals surface area contributed by atoms with Crippen LogP contribution in [0, 0.1) is 45.3 Å². The Bertz CT molecular complexity index is 1310. The predicted molar refractivity (Wildman–Crippen MR) is 140 cm³/mol. The molecule has 7 nitrogen and oxygen atoms in total. The van der Waals surface area contributed by atoms with Crippen LogP contribution in [0.1, 0.15) is 37.3 Å². The highest BCUT2D eigenvalue weighted by atomic mass is 16.5. The first-order valence-corrected chi connectivity index (χ1v) is 12.6. The molecule has 1 aliphatic heterocycles. The van der Waals surface area contributed by atoms with Crippen LogP contribution < -0.4 is 15.2 Å². The van der Waals surface area contributed by atoms with Gasteiger partial charge in [-0.3, -0.25) is 4.90 Å². The van der Waals surface area contributed by atoms with E-state index in [2.05, 4.69) is 35.2 Å². The molecule has 1 aliphatic carbocycles. The van der Waals surface area contributed by atoms with Gasteiger partial charge >= 0.3 is 0 Å². The molecule has 2 aliphatic rings. The summed E-state index contributed by atoms with van der Waals surface area (Å²) in [6.45, 7) is 6.86. The zero-order valence-electron chi connectivity index (χ0n) is 21.3. The van der Waals surface area contributed by atoms with Crippen LogP contribution >= 0.6 is 0 Å². The summed E-state index contributed by atoms with van der Waals surface area (Å²) in [6, 6.07) is 22.4. The van der Waals surface area contributed by atoms with E-state index < -0.39 is 11.3 Å². The van der Waals surface area contributed by atoms with E-state index in [9.17, 15) is 15.8 Å². The molecule has 2 N–H and O–H groups in total. The van der Waals surface area contributed by atoms with E-state index in [1.54, 1.807) is 0 Å². The fraction of sp³-hybridized carbons (Fsp3) is 0.367. The molecule has 0 spiro atoms. The van der Waals surface area contributed by atoms with Crippen molar-refractivity contribution in [2.24, 2.45) is 17.1 Å². The number of ether oxygens (including phenoxy) is 2. The molecule has 2 unspecified atom stereocenters. The molecule has 2 atom stereocenters. The topological polar surface area (TPSA) is 119 Å². The van der Waals surface area contributed by atoms with E-state index in [1.165, 1.54) is 5.56 Å². The van der Waals surface area contributed by atoms with Crippen LogP contribution in [0.15, 0.2) is 71.5 Å². The third-order valence-corrected chi connectivity index (χ3v) is 7.08. The summed E-state index contributed by atoms with van der Waals surface area (Å²) in [5.74, 6) is 0.308. The van der Waals surface area contributed by atoms with E-state index >= 15 is 0 Å². The van der Waals surface area contributed by atoms with Crippen molar-refractivity contribution in [1.29, 1.82) is 15.8 Å². The average Bonchev–Trinajstić information content (AvgIpc) is 2.93. The molecule has 0 radical (unpaired) electrons. The maximum Gasteiger partial charge on any atom is 0.191 e. The maximum absolute atomic E-state index is 10.4. The Morgan fingerprint density at radius 1 is 1.03 bits per heavy atom. The van der Waals surface area contributed by atoms with Gasteiger partial charge in [-0.1, -0.05) is 49.4 Å². The van der Waals surface area contributed by atoms with Crippen molar-refractivity contribution >= 4 is 0 Å². The summed E-state index contributed by atoms with van der Waals surface area (Å²) in [4.78, 5) is 2.27.